The van der Waals surface area contributed by atoms with Gasteiger partial charge in [0.05, 0.1) is 17.8 Å². The summed E-state index contributed by atoms with van der Waals surface area (Å²) in [6.07, 6.45) is 0.398. The fraction of sp³-hybridized carbons (Fsp3) is 0.500. The van der Waals surface area contributed by atoms with E-state index < -0.39 is 41.0 Å². The van der Waals surface area contributed by atoms with Crippen LogP contribution < -0.4 is 15.5 Å². The van der Waals surface area contributed by atoms with Gasteiger partial charge in [-0.25, -0.2) is 18.4 Å². The number of anilines is 1. The largest absolute Gasteiger partial charge is 0.443 e. The molecule has 3 heterocycles. The zero-order valence-electron chi connectivity index (χ0n) is 19.5. The van der Waals surface area contributed by atoms with Crippen molar-refractivity contribution in [2.24, 2.45) is 5.10 Å². The lowest BCUT2D eigenvalue weighted by atomic mass is 9.98. The Hall–Kier alpha value is -2.41. The smallest absolute Gasteiger partial charge is 0.433 e. The molecule has 1 aromatic carbocycles. The number of hydrogen-bond acceptors (Lipinski definition) is 8. The molecule has 192 valence electrons. The summed E-state index contributed by atoms with van der Waals surface area (Å²) in [4.78, 5) is 25.9. The zero-order valence-corrected chi connectivity index (χ0v) is 21.2. The third-order valence-corrected chi connectivity index (χ3v) is 6.12. The molecule has 0 aliphatic carbocycles. The first-order valence-corrected chi connectivity index (χ1v) is 11.9. The Morgan fingerprint density at radius 1 is 1.34 bits per heavy atom. The number of cyclic esters (lactones) is 1. The summed E-state index contributed by atoms with van der Waals surface area (Å²) >= 11 is 1.26. The fourth-order valence-corrected chi connectivity index (χ4v) is 4.50. The van der Waals surface area contributed by atoms with Crippen LogP contribution in [-0.2, 0) is 9.47 Å². The van der Waals surface area contributed by atoms with E-state index >= 15 is 0 Å². The summed E-state index contributed by atoms with van der Waals surface area (Å²) in [7, 11) is 0. The van der Waals surface area contributed by atoms with Crippen molar-refractivity contribution in [2.45, 2.75) is 44.4 Å². The first kappa shape index (κ1) is 27.2. The number of carbonyl (C=O) groups excluding carboxylic acids is 2. The van der Waals surface area contributed by atoms with E-state index in [2.05, 4.69) is 15.7 Å². The first-order chi connectivity index (χ1) is 16.1. The highest BCUT2D eigenvalue weighted by molar-refractivity contribution is 8.12. The van der Waals surface area contributed by atoms with Crippen molar-refractivity contribution in [3.63, 3.8) is 0 Å². The van der Waals surface area contributed by atoms with E-state index in [1.165, 1.54) is 27.2 Å². The maximum atomic E-state index is 14.8. The molecule has 9 nitrogen and oxygen atoms in total. The van der Waals surface area contributed by atoms with Crippen molar-refractivity contribution in [2.75, 3.05) is 31.1 Å². The van der Waals surface area contributed by atoms with Gasteiger partial charge in [-0.15, -0.1) is 12.4 Å². The Kier molecular flexibility index (Phi) is 8.63. The van der Waals surface area contributed by atoms with Crippen molar-refractivity contribution < 1.29 is 27.8 Å². The van der Waals surface area contributed by atoms with Crippen LogP contribution in [0.5, 0.6) is 0 Å². The maximum absolute atomic E-state index is 14.8. The van der Waals surface area contributed by atoms with Crippen LogP contribution >= 0.6 is 24.2 Å². The predicted octanol–water partition coefficient (Wildman–Crippen LogP) is 3.89. The van der Waals surface area contributed by atoms with Crippen LogP contribution in [0.15, 0.2) is 23.3 Å². The van der Waals surface area contributed by atoms with Crippen molar-refractivity contribution in [3.8, 4) is 0 Å². The van der Waals surface area contributed by atoms with E-state index in [1.54, 1.807) is 26.8 Å². The normalized spacial score (nSPS) is 22.1. The minimum Gasteiger partial charge on any atom is -0.443 e. The van der Waals surface area contributed by atoms with Crippen molar-refractivity contribution in [3.05, 3.63) is 35.4 Å². The van der Waals surface area contributed by atoms with E-state index in [9.17, 15) is 18.4 Å². The first-order valence-electron chi connectivity index (χ1n) is 10.9. The number of amides is 2. The Balaban J connectivity index is 0.00000342. The topological polar surface area (TPSA) is 95.5 Å². The van der Waals surface area contributed by atoms with Crippen LogP contribution in [0, 0.1) is 11.6 Å². The van der Waals surface area contributed by atoms with Gasteiger partial charge in [0.1, 0.15) is 23.3 Å². The Morgan fingerprint density at radius 2 is 2.06 bits per heavy atom. The molecule has 1 fully saturated rings. The van der Waals surface area contributed by atoms with Gasteiger partial charge in [0, 0.05) is 18.7 Å². The molecule has 4 rings (SSSR count). The number of hydrogen-bond donors (Lipinski definition) is 2. The lowest BCUT2D eigenvalue weighted by Gasteiger charge is -2.26. The molecule has 0 bridgehead atoms. The summed E-state index contributed by atoms with van der Waals surface area (Å²) in [5.41, 5.74) is 0.953. The van der Waals surface area contributed by atoms with Gasteiger partial charge in [-0.2, -0.15) is 10.1 Å². The maximum Gasteiger partial charge on any atom is 0.433 e. The van der Waals surface area contributed by atoms with E-state index in [-0.39, 0.29) is 36.7 Å². The molecule has 0 aromatic heterocycles. The van der Waals surface area contributed by atoms with Gasteiger partial charge in [-0.05, 0) is 51.4 Å². The van der Waals surface area contributed by atoms with Crippen LogP contribution in [0.3, 0.4) is 0 Å². The third-order valence-electron chi connectivity index (χ3n) is 5.28. The highest BCUT2D eigenvalue weighted by Crippen LogP contribution is 2.31. The number of benzene rings is 1. The summed E-state index contributed by atoms with van der Waals surface area (Å²) in [5, 5.41) is 11.4. The second kappa shape index (κ2) is 11.1. The van der Waals surface area contributed by atoms with Gasteiger partial charge in [0.25, 0.3) is 0 Å². The van der Waals surface area contributed by atoms with Crippen molar-refractivity contribution in [1.82, 2.24) is 15.6 Å². The van der Waals surface area contributed by atoms with Crippen LogP contribution in [0.4, 0.5) is 24.1 Å². The Bertz CT molecular complexity index is 1010. The average molecular weight is 532 g/mol. The molecule has 1 aromatic rings. The Labute approximate surface area is 212 Å². The molecule has 2 N–H and O–H groups in total. The predicted molar refractivity (Wildman–Crippen MR) is 133 cm³/mol. The molecule has 1 unspecified atom stereocenters. The summed E-state index contributed by atoms with van der Waals surface area (Å²) < 4.78 is 40.3. The summed E-state index contributed by atoms with van der Waals surface area (Å²) in [5.74, 6) is -1.44. The number of rotatable bonds is 5. The number of nitrogens with zero attached hydrogens (tertiary/aromatic N) is 3. The SMILES string of the molecule is CC(C)(C)OC(=O)N1N=CSC1NC[C@@H]1CN(c2cc(F)c(C3=CCNCC3)c(F)c2)C(=O)O1.Cl. The van der Waals surface area contributed by atoms with Gasteiger partial charge in [0.15, 0.2) is 5.50 Å². The monoisotopic (exact) mass is 531 g/mol. The number of ether oxygens (including phenoxy) is 2. The number of hydrazone groups is 1. The second-order valence-corrected chi connectivity index (χ2v) is 9.96. The highest BCUT2D eigenvalue weighted by Gasteiger charge is 2.36. The number of nitrogens with one attached hydrogen (secondary N) is 2. The van der Waals surface area contributed by atoms with Gasteiger partial charge < -0.3 is 14.8 Å². The number of carbonyl (C=O) groups is 2. The molecule has 35 heavy (non-hydrogen) atoms. The molecule has 0 spiro atoms. The zero-order chi connectivity index (χ0) is 24.5. The van der Waals surface area contributed by atoms with Crippen molar-refractivity contribution >= 4 is 53.2 Å². The second-order valence-electron chi connectivity index (χ2n) is 9.03. The molecule has 2 amide bonds. The highest BCUT2D eigenvalue weighted by atomic mass is 35.5. The summed E-state index contributed by atoms with van der Waals surface area (Å²) in [6.45, 7) is 6.78. The van der Waals surface area contributed by atoms with Crippen LogP contribution in [0.2, 0.25) is 0 Å². The molecule has 13 heteroatoms. The van der Waals surface area contributed by atoms with E-state index in [0.717, 1.165) is 12.1 Å². The Morgan fingerprint density at radius 3 is 2.69 bits per heavy atom. The van der Waals surface area contributed by atoms with Crippen LogP contribution in [0.25, 0.3) is 5.57 Å². The minimum atomic E-state index is -0.718. The fourth-order valence-electron chi connectivity index (χ4n) is 3.78. The van der Waals surface area contributed by atoms with Gasteiger partial charge in [-0.3, -0.25) is 10.2 Å². The standard InChI is InChI=1S/C22H27F2N5O4S.ClH/c1-22(2,3)33-21(31)29-19(34-12-27-29)26-10-15-11-28(20(30)32-15)14-8-16(23)18(17(24)9-14)13-4-6-25-7-5-13;/h4,8-9,12,15,19,25-26H,5-7,10-11H2,1-3H3;1H/t15-,19?;/m1./s1. The molecule has 0 saturated carbocycles. The molecular weight excluding hydrogens is 504 g/mol. The minimum absolute atomic E-state index is 0. The third kappa shape index (κ3) is 6.43. The molecule has 2 atom stereocenters. The number of halogens is 3. The lowest BCUT2D eigenvalue weighted by Crippen LogP contribution is -2.46. The van der Waals surface area contributed by atoms with Gasteiger partial charge >= 0.3 is 12.2 Å². The van der Waals surface area contributed by atoms with Crippen LogP contribution in [-0.4, -0.2) is 66.1 Å². The molecular formula is C22H28ClF2N5O4S. The number of thioether (sulfide) groups is 1. The van der Waals surface area contributed by atoms with Crippen LogP contribution in [0.1, 0.15) is 32.8 Å². The van der Waals surface area contributed by atoms with E-state index in [4.69, 9.17) is 9.47 Å². The van der Waals surface area contributed by atoms with Crippen molar-refractivity contribution in [1.29, 1.82) is 0 Å². The van der Waals surface area contributed by atoms with E-state index in [1.807, 2.05) is 0 Å². The molecule has 0 radical (unpaired) electrons. The quantitative estimate of drug-likeness (QED) is 0.595. The molecule has 3 aliphatic heterocycles. The molecule has 3 aliphatic rings. The summed E-state index contributed by atoms with van der Waals surface area (Å²) in [6, 6.07) is 2.31. The average Bonchev–Trinajstić information content (AvgIpc) is 3.37. The van der Waals surface area contributed by atoms with Gasteiger partial charge in [0.2, 0.25) is 0 Å². The molecule has 1 saturated heterocycles. The van der Waals surface area contributed by atoms with E-state index in [0.29, 0.717) is 25.1 Å². The van der Waals surface area contributed by atoms with Gasteiger partial charge in [-0.1, -0.05) is 17.8 Å². The lowest BCUT2D eigenvalue weighted by molar-refractivity contribution is 0.0213.